The summed E-state index contributed by atoms with van der Waals surface area (Å²) in [6, 6.07) is 0. The summed E-state index contributed by atoms with van der Waals surface area (Å²) in [6.07, 6.45) is 5.27. The van der Waals surface area contributed by atoms with E-state index in [9.17, 15) is 0 Å². The highest BCUT2D eigenvalue weighted by Gasteiger charge is 2.18. The topological polar surface area (TPSA) is 24.5 Å². The molecule has 0 radical (unpaired) electrons. The lowest BCUT2D eigenvalue weighted by Crippen LogP contribution is -2.35. The van der Waals surface area contributed by atoms with Crippen molar-refractivity contribution in [2.24, 2.45) is 5.92 Å². The highest BCUT2D eigenvalue weighted by atomic mass is 16.5. The number of rotatable bonds is 7. The lowest BCUT2D eigenvalue weighted by molar-refractivity contribution is 0.0989. The fourth-order valence-electron chi connectivity index (χ4n) is 2.25. The van der Waals surface area contributed by atoms with Crippen LogP contribution in [0.1, 0.15) is 25.7 Å². The zero-order chi connectivity index (χ0) is 10.9. The average molecular weight is 214 g/mol. The van der Waals surface area contributed by atoms with Gasteiger partial charge in [0.15, 0.2) is 0 Å². The minimum atomic E-state index is 0.809. The standard InChI is InChI=1S/C12H26N2O/c1-13-7-3-4-8-14-9-5-12(6-10-14)11-15-2/h12-13H,3-11H2,1-2H3. The monoisotopic (exact) mass is 214 g/mol. The number of methoxy groups -OCH3 is 1. The lowest BCUT2D eigenvalue weighted by atomic mass is 9.98. The Hall–Kier alpha value is -0.120. The van der Waals surface area contributed by atoms with Crippen molar-refractivity contribution in [3.05, 3.63) is 0 Å². The van der Waals surface area contributed by atoms with E-state index in [1.165, 1.54) is 45.3 Å². The second-order valence-corrected chi connectivity index (χ2v) is 4.55. The number of hydrogen-bond donors (Lipinski definition) is 1. The molecule has 1 fully saturated rings. The molecule has 0 saturated carbocycles. The van der Waals surface area contributed by atoms with Crippen LogP contribution in [-0.2, 0) is 4.74 Å². The van der Waals surface area contributed by atoms with Crippen LogP contribution in [0, 0.1) is 5.92 Å². The molecule has 0 spiro atoms. The van der Waals surface area contributed by atoms with Crippen molar-refractivity contribution in [1.82, 2.24) is 10.2 Å². The van der Waals surface area contributed by atoms with Crippen LogP contribution in [-0.4, -0.2) is 51.8 Å². The first-order chi connectivity index (χ1) is 7.36. The molecule has 1 saturated heterocycles. The van der Waals surface area contributed by atoms with E-state index in [2.05, 4.69) is 10.2 Å². The maximum Gasteiger partial charge on any atom is 0.0491 e. The normalized spacial score (nSPS) is 19.6. The fourth-order valence-corrected chi connectivity index (χ4v) is 2.25. The number of nitrogens with one attached hydrogen (secondary N) is 1. The van der Waals surface area contributed by atoms with Gasteiger partial charge in [-0.25, -0.2) is 0 Å². The van der Waals surface area contributed by atoms with Crippen molar-refractivity contribution in [3.63, 3.8) is 0 Å². The Balaban J connectivity index is 1.99. The lowest BCUT2D eigenvalue weighted by Gasteiger charge is -2.31. The van der Waals surface area contributed by atoms with Gasteiger partial charge in [-0.2, -0.15) is 0 Å². The van der Waals surface area contributed by atoms with Crippen LogP contribution in [0.2, 0.25) is 0 Å². The molecule has 3 nitrogen and oxygen atoms in total. The highest BCUT2D eigenvalue weighted by molar-refractivity contribution is 4.71. The second kappa shape index (κ2) is 8.08. The summed E-state index contributed by atoms with van der Waals surface area (Å²) in [5.74, 6) is 0.809. The van der Waals surface area contributed by atoms with E-state index in [-0.39, 0.29) is 0 Å². The van der Waals surface area contributed by atoms with Gasteiger partial charge in [-0.15, -0.1) is 0 Å². The molecule has 0 amide bonds. The van der Waals surface area contributed by atoms with Gasteiger partial charge < -0.3 is 15.0 Å². The van der Waals surface area contributed by atoms with Gasteiger partial charge in [-0.05, 0) is 64.8 Å². The van der Waals surface area contributed by atoms with E-state index in [0.717, 1.165) is 19.1 Å². The van der Waals surface area contributed by atoms with Gasteiger partial charge in [-0.3, -0.25) is 0 Å². The molecule has 0 aromatic carbocycles. The van der Waals surface area contributed by atoms with Gasteiger partial charge in [0, 0.05) is 13.7 Å². The zero-order valence-electron chi connectivity index (χ0n) is 10.3. The first kappa shape index (κ1) is 12.9. The molecule has 1 rings (SSSR count). The van der Waals surface area contributed by atoms with E-state index in [1.807, 2.05) is 14.2 Å². The van der Waals surface area contributed by atoms with Crippen molar-refractivity contribution in [1.29, 1.82) is 0 Å². The molecule has 1 aliphatic heterocycles. The molecule has 0 aromatic rings. The van der Waals surface area contributed by atoms with Crippen LogP contribution in [0.4, 0.5) is 0 Å². The molecule has 3 heteroatoms. The fraction of sp³-hybridized carbons (Fsp3) is 1.00. The third kappa shape index (κ3) is 5.50. The highest BCUT2D eigenvalue weighted by Crippen LogP contribution is 2.17. The molecule has 1 heterocycles. The molecule has 0 aliphatic carbocycles. The number of nitrogens with zero attached hydrogens (tertiary/aromatic N) is 1. The molecular weight excluding hydrogens is 188 g/mol. The Morgan fingerprint density at radius 2 is 2.00 bits per heavy atom. The van der Waals surface area contributed by atoms with Gasteiger partial charge in [0.05, 0.1) is 0 Å². The molecule has 1 N–H and O–H groups in total. The quantitative estimate of drug-likeness (QED) is 0.647. The minimum absolute atomic E-state index is 0.809. The molecule has 0 bridgehead atoms. The second-order valence-electron chi connectivity index (χ2n) is 4.55. The molecule has 0 atom stereocenters. The molecule has 90 valence electrons. The maximum atomic E-state index is 5.20. The summed E-state index contributed by atoms with van der Waals surface area (Å²) in [5, 5.41) is 3.19. The zero-order valence-corrected chi connectivity index (χ0v) is 10.3. The molecular formula is C12H26N2O. The Labute approximate surface area is 94.2 Å². The average Bonchev–Trinajstić information content (AvgIpc) is 2.27. The van der Waals surface area contributed by atoms with Crippen LogP contribution in [0.3, 0.4) is 0 Å². The molecule has 15 heavy (non-hydrogen) atoms. The number of piperidine rings is 1. The van der Waals surface area contributed by atoms with Gasteiger partial charge in [0.25, 0.3) is 0 Å². The van der Waals surface area contributed by atoms with Crippen LogP contribution >= 0.6 is 0 Å². The van der Waals surface area contributed by atoms with Crippen LogP contribution in [0.25, 0.3) is 0 Å². The van der Waals surface area contributed by atoms with Gasteiger partial charge in [0.1, 0.15) is 0 Å². The van der Waals surface area contributed by atoms with E-state index in [1.54, 1.807) is 0 Å². The van der Waals surface area contributed by atoms with E-state index >= 15 is 0 Å². The van der Waals surface area contributed by atoms with E-state index in [0.29, 0.717) is 0 Å². The maximum absolute atomic E-state index is 5.20. The van der Waals surface area contributed by atoms with Crippen molar-refractivity contribution < 1.29 is 4.74 Å². The smallest absolute Gasteiger partial charge is 0.0491 e. The predicted octanol–water partition coefficient (Wildman–Crippen LogP) is 1.34. The number of hydrogen-bond acceptors (Lipinski definition) is 3. The minimum Gasteiger partial charge on any atom is -0.384 e. The van der Waals surface area contributed by atoms with Crippen LogP contribution < -0.4 is 5.32 Å². The summed E-state index contributed by atoms with van der Waals surface area (Å²) in [5.41, 5.74) is 0. The Bertz CT molecular complexity index is 142. The third-order valence-electron chi connectivity index (χ3n) is 3.26. The summed E-state index contributed by atoms with van der Waals surface area (Å²) >= 11 is 0. The Morgan fingerprint density at radius 1 is 1.27 bits per heavy atom. The summed E-state index contributed by atoms with van der Waals surface area (Å²) in [4.78, 5) is 2.60. The van der Waals surface area contributed by atoms with Crippen molar-refractivity contribution >= 4 is 0 Å². The Morgan fingerprint density at radius 3 is 2.60 bits per heavy atom. The summed E-state index contributed by atoms with van der Waals surface area (Å²) in [7, 11) is 3.83. The van der Waals surface area contributed by atoms with Crippen LogP contribution in [0.5, 0.6) is 0 Å². The van der Waals surface area contributed by atoms with Gasteiger partial charge in [-0.1, -0.05) is 0 Å². The molecule has 0 aromatic heterocycles. The predicted molar refractivity (Wildman–Crippen MR) is 64.2 cm³/mol. The largest absolute Gasteiger partial charge is 0.384 e. The van der Waals surface area contributed by atoms with E-state index < -0.39 is 0 Å². The van der Waals surface area contributed by atoms with Crippen molar-refractivity contribution in [2.75, 3.05) is 46.9 Å². The first-order valence-corrected chi connectivity index (χ1v) is 6.22. The van der Waals surface area contributed by atoms with Crippen molar-refractivity contribution in [2.45, 2.75) is 25.7 Å². The van der Waals surface area contributed by atoms with Crippen LogP contribution in [0.15, 0.2) is 0 Å². The van der Waals surface area contributed by atoms with Gasteiger partial charge in [0.2, 0.25) is 0 Å². The van der Waals surface area contributed by atoms with Crippen molar-refractivity contribution in [3.8, 4) is 0 Å². The SMILES string of the molecule is CNCCCCN1CCC(COC)CC1. The first-order valence-electron chi connectivity index (χ1n) is 6.22. The number of unbranched alkanes of at least 4 members (excludes halogenated alkanes) is 1. The Kier molecular flexibility index (Phi) is 6.98. The molecule has 0 unspecified atom stereocenters. The van der Waals surface area contributed by atoms with E-state index in [4.69, 9.17) is 4.74 Å². The summed E-state index contributed by atoms with van der Waals surface area (Å²) < 4.78 is 5.20. The number of likely N-dealkylation sites (tertiary alicyclic amines) is 1. The molecule has 1 aliphatic rings. The van der Waals surface area contributed by atoms with Gasteiger partial charge >= 0.3 is 0 Å². The third-order valence-corrected chi connectivity index (χ3v) is 3.26. The number of ether oxygens (including phenoxy) is 1. The summed E-state index contributed by atoms with van der Waals surface area (Å²) in [6.45, 7) is 5.93.